The number of aryl methyl sites for hydroxylation is 1. The van der Waals surface area contributed by atoms with Crippen molar-refractivity contribution in [3.63, 3.8) is 0 Å². The molecule has 0 bridgehead atoms. The molecular weight excluding hydrogens is 343 g/mol. The quantitative estimate of drug-likeness (QED) is 0.843. The Kier molecular flexibility index (Phi) is 4.29. The molecule has 1 aromatic carbocycles. The molecule has 1 amide bonds. The minimum absolute atomic E-state index is 0.0673. The fourth-order valence-electron chi connectivity index (χ4n) is 1.49. The molecule has 0 saturated carbocycles. The zero-order valence-electron chi connectivity index (χ0n) is 9.93. The van der Waals surface area contributed by atoms with Gasteiger partial charge in [-0.2, -0.15) is 5.10 Å². The molecule has 0 radical (unpaired) electrons. The highest BCUT2D eigenvalue weighted by Gasteiger charge is 2.05. The summed E-state index contributed by atoms with van der Waals surface area (Å²) >= 11 is 2.21. The van der Waals surface area contributed by atoms with E-state index in [-0.39, 0.29) is 5.91 Å². The van der Waals surface area contributed by atoms with E-state index in [0.717, 1.165) is 9.39 Å². The number of carbonyl (C=O) groups is 1. The molecule has 5 nitrogen and oxygen atoms in total. The summed E-state index contributed by atoms with van der Waals surface area (Å²) in [6, 6.07) is 7.46. The van der Waals surface area contributed by atoms with Crippen LogP contribution in [0.5, 0.6) is 0 Å². The molecule has 0 aliphatic carbocycles. The Balaban J connectivity index is 1.83. The van der Waals surface area contributed by atoms with Crippen LogP contribution < -0.4 is 5.32 Å². The lowest BCUT2D eigenvalue weighted by Crippen LogP contribution is -2.25. The Hall–Kier alpha value is -1.44. The van der Waals surface area contributed by atoms with E-state index in [1.807, 2.05) is 31.3 Å². The molecule has 18 heavy (non-hydrogen) atoms. The molecule has 1 aromatic heterocycles. The van der Waals surface area contributed by atoms with Gasteiger partial charge in [0.25, 0.3) is 5.91 Å². The molecule has 0 spiro atoms. The van der Waals surface area contributed by atoms with Gasteiger partial charge in [0, 0.05) is 29.1 Å². The van der Waals surface area contributed by atoms with Crippen molar-refractivity contribution in [2.24, 2.45) is 7.05 Å². The Morgan fingerprint density at radius 2 is 2.11 bits per heavy atom. The summed E-state index contributed by atoms with van der Waals surface area (Å²) in [5.41, 5.74) is 0.671. The van der Waals surface area contributed by atoms with Crippen LogP contribution in [-0.2, 0) is 13.5 Å². The first-order valence-corrected chi connectivity index (χ1v) is 6.61. The number of benzene rings is 1. The molecule has 2 aromatic rings. The van der Waals surface area contributed by atoms with E-state index in [1.165, 1.54) is 0 Å². The zero-order valence-corrected chi connectivity index (χ0v) is 12.1. The van der Waals surface area contributed by atoms with Gasteiger partial charge in [-0.15, -0.1) is 0 Å². The largest absolute Gasteiger partial charge is 0.352 e. The number of aromatic nitrogens is 3. The van der Waals surface area contributed by atoms with Crippen molar-refractivity contribution in [2.75, 3.05) is 6.54 Å². The second-order valence-electron chi connectivity index (χ2n) is 3.85. The third kappa shape index (κ3) is 3.52. The lowest BCUT2D eigenvalue weighted by Gasteiger charge is -2.03. The number of hydrogen-bond acceptors (Lipinski definition) is 3. The van der Waals surface area contributed by atoms with Crippen LogP contribution >= 0.6 is 22.6 Å². The monoisotopic (exact) mass is 356 g/mol. The molecule has 1 N–H and O–H groups in total. The number of hydrogen-bond donors (Lipinski definition) is 1. The minimum atomic E-state index is -0.0673. The van der Waals surface area contributed by atoms with E-state index in [1.54, 1.807) is 11.0 Å². The smallest absolute Gasteiger partial charge is 0.251 e. The number of carbonyl (C=O) groups excluding carboxylic acids is 1. The summed E-state index contributed by atoms with van der Waals surface area (Å²) in [5, 5.41) is 6.99. The summed E-state index contributed by atoms with van der Waals surface area (Å²) in [4.78, 5) is 15.9. The Labute approximate surface area is 119 Å². The minimum Gasteiger partial charge on any atom is -0.352 e. The van der Waals surface area contributed by atoms with Gasteiger partial charge in [-0.25, -0.2) is 4.98 Å². The van der Waals surface area contributed by atoms with Crippen molar-refractivity contribution in [1.29, 1.82) is 0 Å². The number of rotatable bonds is 4. The van der Waals surface area contributed by atoms with Crippen LogP contribution in [0.4, 0.5) is 0 Å². The Morgan fingerprint density at radius 1 is 1.39 bits per heavy atom. The van der Waals surface area contributed by atoms with Crippen LogP contribution in [0, 0.1) is 3.57 Å². The van der Waals surface area contributed by atoms with E-state index >= 15 is 0 Å². The molecule has 0 atom stereocenters. The van der Waals surface area contributed by atoms with Gasteiger partial charge in [-0.1, -0.05) is 0 Å². The van der Waals surface area contributed by atoms with Crippen molar-refractivity contribution in [2.45, 2.75) is 6.42 Å². The highest BCUT2D eigenvalue weighted by molar-refractivity contribution is 14.1. The lowest BCUT2D eigenvalue weighted by atomic mass is 10.2. The second kappa shape index (κ2) is 5.94. The molecule has 94 valence electrons. The fourth-order valence-corrected chi connectivity index (χ4v) is 1.85. The van der Waals surface area contributed by atoms with Gasteiger partial charge in [-0.05, 0) is 46.9 Å². The molecule has 0 saturated heterocycles. The van der Waals surface area contributed by atoms with Crippen LogP contribution in [0.3, 0.4) is 0 Å². The van der Waals surface area contributed by atoms with Gasteiger partial charge in [0.15, 0.2) is 5.82 Å². The highest BCUT2D eigenvalue weighted by Crippen LogP contribution is 2.06. The summed E-state index contributed by atoms with van der Waals surface area (Å²) in [6.45, 7) is 0.537. The van der Waals surface area contributed by atoms with Crippen LogP contribution in [0.2, 0.25) is 0 Å². The van der Waals surface area contributed by atoms with Crippen LogP contribution in [-0.4, -0.2) is 27.2 Å². The van der Waals surface area contributed by atoms with E-state index in [4.69, 9.17) is 0 Å². The third-order valence-corrected chi connectivity index (χ3v) is 3.11. The molecule has 0 unspecified atom stereocenters. The van der Waals surface area contributed by atoms with Gasteiger partial charge >= 0.3 is 0 Å². The van der Waals surface area contributed by atoms with Gasteiger partial charge in [-0.3, -0.25) is 9.48 Å². The molecule has 2 rings (SSSR count). The number of amides is 1. The first kappa shape index (κ1) is 13.0. The van der Waals surface area contributed by atoms with Gasteiger partial charge in [0.2, 0.25) is 0 Å². The molecule has 0 aliphatic heterocycles. The summed E-state index contributed by atoms with van der Waals surface area (Å²) in [6.07, 6.45) is 2.28. The number of nitrogens with zero attached hydrogens (tertiary/aromatic N) is 3. The van der Waals surface area contributed by atoms with Gasteiger partial charge in [0.05, 0.1) is 0 Å². The molecule has 0 aliphatic rings. The molecule has 6 heteroatoms. The summed E-state index contributed by atoms with van der Waals surface area (Å²) in [7, 11) is 1.82. The van der Waals surface area contributed by atoms with E-state index in [2.05, 4.69) is 38.0 Å². The molecular formula is C12H13IN4O. The predicted molar refractivity (Wildman–Crippen MR) is 76.2 cm³/mol. The van der Waals surface area contributed by atoms with Crippen molar-refractivity contribution in [3.05, 3.63) is 45.6 Å². The van der Waals surface area contributed by atoms with Crippen molar-refractivity contribution in [3.8, 4) is 0 Å². The Morgan fingerprint density at radius 3 is 2.72 bits per heavy atom. The molecule has 1 heterocycles. The van der Waals surface area contributed by atoms with E-state index in [9.17, 15) is 4.79 Å². The summed E-state index contributed by atoms with van der Waals surface area (Å²) < 4.78 is 2.76. The Bertz CT molecular complexity index is 535. The maximum Gasteiger partial charge on any atom is 0.251 e. The van der Waals surface area contributed by atoms with Crippen molar-refractivity contribution in [1.82, 2.24) is 20.1 Å². The van der Waals surface area contributed by atoms with Gasteiger partial charge in [0.1, 0.15) is 6.33 Å². The zero-order chi connectivity index (χ0) is 13.0. The average Bonchev–Trinajstić information content (AvgIpc) is 2.76. The fraction of sp³-hybridized carbons (Fsp3) is 0.250. The average molecular weight is 356 g/mol. The number of nitrogens with one attached hydrogen (secondary N) is 1. The SMILES string of the molecule is Cn1cnc(CCNC(=O)c2ccc(I)cc2)n1. The lowest BCUT2D eigenvalue weighted by molar-refractivity contribution is 0.0954. The van der Waals surface area contributed by atoms with Crippen LogP contribution in [0.15, 0.2) is 30.6 Å². The van der Waals surface area contributed by atoms with Gasteiger partial charge < -0.3 is 5.32 Å². The maximum atomic E-state index is 11.8. The van der Waals surface area contributed by atoms with Crippen LogP contribution in [0.25, 0.3) is 0 Å². The highest BCUT2D eigenvalue weighted by atomic mass is 127. The van der Waals surface area contributed by atoms with Crippen LogP contribution in [0.1, 0.15) is 16.2 Å². The number of halogens is 1. The third-order valence-electron chi connectivity index (χ3n) is 2.39. The predicted octanol–water partition coefficient (Wildman–Crippen LogP) is 1.39. The maximum absolute atomic E-state index is 11.8. The summed E-state index contributed by atoms with van der Waals surface area (Å²) in [5.74, 6) is 0.669. The van der Waals surface area contributed by atoms with E-state index in [0.29, 0.717) is 18.5 Å². The topological polar surface area (TPSA) is 59.8 Å². The molecule has 0 fully saturated rings. The first-order valence-electron chi connectivity index (χ1n) is 5.53. The standard InChI is InChI=1S/C12H13IN4O/c1-17-8-15-11(16-17)6-7-14-12(18)9-2-4-10(13)5-3-9/h2-5,8H,6-7H2,1H3,(H,14,18). The first-order chi connectivity index (χ1) is 8.65. The van der Waals surface area contributed by atoms with Crippen molar-refractivity contribution < 1.29 is 4.79 Å². The normalized spacial score (nSPS) is 10.3. The van der Waals surface area contributed by atoms with Crippen molar-refractivity contribution >= 4 is 28.5 Å². The van der Waals surface area contributed by atoms with E-state index < -0.39 is 0 Å². The second-order valence-corrected chi connectivity index (χ2v) is 5.09.